The van der Waals surface area contributed by atoms with Crippen LogP contribution in [0.5, 0.6) is 0 Å². The fraction of sp³-hybridized carbons (Fsp3) is 0.118. The Hall–Kier alpha value is -2.69. The van der Waals surface area contributed by atoms with Crippen LogP contribution in [0.3, 0.4) is 0 Å². The number of Topliss-reactive ketones (excluding diaryl/α,β-unsaturated/α-hetero) is 1. The van der Waals surface area contributed by atoms with E-state index in [4.69, 9.17) is 0 Å². The third-order valence-electron chi connectivity index (χ3n) is 3.29. The zero-order chi connectivity index (χ0) is 15.7. The van der Waals surface area contributed by atoms with Crippen LogP contribution in [0, 0.1) is 11.6 Å². The summed E-state index contributed by atoms with van der Waals surface area (Å²) in [4.78, 5) is 20.8. The number of hydrogen-bond donors (Lipinski definition) is 0. The second-order valence-electron chi connectivity index (χ2n) is 4.84. The lowest BCUT2D eigenvalue weighted by Gasteiger charge is -2.09. The van der Waals surface area contributed by atoms with E-state index in [1.165, 1.54) is 0 Å². The second kappa shape index (κ2) is 5.60. The van der Waals surface area contributed by atoms with Crippen LogP contribution < -0.4 is 0 Å². The normalized spacial score (nSPS) is 10.9. The van der Waals surface area contributed by atoms with E-state index in [1.807, 2.05) is 0 Å². The minimum absolute atomic E-state index is 0.131. The first kappa shape index (κ1) is 14.3. The molecule has 22 heavy (non-hydrogen) atoms. The highest BCUT2D eigenvalue weighted by Gasteiger charge is 2.17. The van der Waals surface area contributed by atoms with E-state index in [9.17, 15) is 13.6 Å². The molecule has 3 aromatic rings. The molecular formula is C17H12F2N2O. The Kier molecular flexibility index (Phi) is 3.63. The van der Waals surface area contributed by atoms with Crippen LogP contribution in [0.25, 0.3) is 22.3 Å². The number of carbonyl (C=O) groups excluding carboxylic acids is 1. The van der Waals surface area contributed by atoms with Gasteiger partial charge in [0.1, 0.15) is 23.0 Å². The summed E-state index contributed by atoms with van der Waals surface area (Å²) < 4.78 is 26.9. The molecule has 0 saturated heterocycles. The first-order valence-electron chi connectivity index (χ1n) is 6.85. The van der Waals surface area contributed by atoms with Crippen molar-refractivity contribution in [2.45, 2.75) is 13.3 Å². The number of fused-ring (bicyclic) bond motifs is 1. The largest absolute Gasteiger partial charge is 0.292 e. The van der Waals surface area contributed by atoms with Crippen molar-refractivity contribution in [2.24, 2.45) is 0 Å². The van der Waals surface area contributed by atoms with E-state index in [-0.39, 0.29) is 29.2 Å². The number of para-hydroxylation sites is 2. The maximum Gasteiger partial charge on any atom is 0.183 e. The summed E-state index contributed by atoms with van der Waals surface area (Å²) in [5.41, 5.74) is 1.66. The van der Waals surface area contributed by atoms with Crippen molar-refractivity contribution in [3.63, 3.8) is 0 Å². The molecule has 0 fully saturated rings. The highest BCUT2D eigenvalue weighted by molar-refractivity contribution is 6.01. The van der Waals surface area contributed by atoms with Crippen molar-refractivity contribution in [1.82, 2.24) is 9.97 Å². The minimum atomic E-state index is -0.722. The number of benzene rings is 2. The molecule has 0 saturated carbocycles. The molecule has 3 rings (SSSR count). The Morgan fingerprint density at radius 1 is 1.00 bits per heavy atom. The molecule has 110 valence electrons. The molecule has 3 nitrogen and oxygen atoms in total. The van der Waals surface area contributed by atoms with Gasteiger partial charge in [-0.2, -0.15) is 0 Å². The van der Waals surface area contributed by atoms with Crippen molar-refractivity contribution in [2.75, 3.05) is 0 Å². The Bertz CT molecular complexity index is 857. The van der Waals surface area contributed by atoms with E-state index in [0.717, 1.165) is 18.2 Å². The lowest BCUT2D eigenvalue weighted by atomic mass is 10.0. The van der Waals surface area contributed by atoms with Gasteiger partial charge in [-0.25, -0.2) is 18.7 Å². The van der Waals surface area contributed by atoms with Crippen molar-refractivity contribution in [3.05, 3.63) is 59.8 Å². The lowest BCUT2D eigenvalue weighted by Crippen LogP contribution is -2.06. The van der Waals surface area contributed by atoms with Gasteiger partial charge in [-0.15, -0.1) is 0 Å². The number of nitrogens with zero attached hydrogens (tertiary/aromatic N) is 2. The van der Waals surface area contributed by atoms with Gasteiger partial charge in [-0.05, 0) is 24.3 Å². The van der Waals surface area contributed by atoms with Crippen LogP contribution >= 0.6 is 0 Å². The molecular weight excluding hydrogens is 286 g/mol. The number of aromatic nitrogens is 2. The van der Waals surface area contributed by atoms with Crippen LogP contribution in [0.2, 0.25) is 0 Å². The fourth-order valence-electron chi connectivity index (χ4n) is 2.25. The van der Waals surface area contributed by atoms with Crippen LogP contribution in [-0.2, 0) is 0 Å². The van der Waals surface area contributed by atoms with Gasteiger partial charge < -0.3 is 0 Å². The average molecular weight is 298 g/mol. The molecule has 2 aromatic carbocycles. The third-order valence-corrected chi connectivity index (χ3v) is 3.29. The average Bonchev–Trinajstić information content (AvgIpc) is 2.52. The number of halogens is 2. The zero-order valence-electron chi connectivity index (χ0n) is 11.8. The molecule has 0 bridgehead atoms. The molecule has 0 N–H and O–H groups in total. The van der Waals surface area contributed by atoms with E-state index >= 15 is 0 Å². The second-order valence-corrected chi connectivity index (χ2v) is 4.84. The maximum atomic E-state index is 13.5. The van der Waals surface area contributed by atoms with Crippen molar-refractivity contribution in [1.29, 1.82) is 0 Å². The van der Waals surface area contributed by atoms with Gasteiger partial charge in [0, 0.05) is 18.1 Å². The quantitative estimate of drug-likeness (QED) is 0.682. The minimum Gasteiger partial charge on any atom is -0.292 e. The van der Waals surface area contributed by atoms with Crippen LogP contribution in [0.4, 0.5) is 8.78 Å². The molecule has 0 radical (unpaired) electrons. The zero-order valence-corrected chi connectivity index (χ0v) is 11.8. The SMILES string of the molecule is CCC(=O)c1nc2ccccc2nc1-c1cc(F)cc(F)c1. The molecule has 5 heteroatoms. The summed E-state index contributed by atoms with van der Waals surface area (Å²) >= 11 is 0. The van der Waals surface area contributed by atoms with Gasteiger partial charge in [0.25, 0.3) is 0 Å². The van der Waals surface area contributed by atoms with Crippen LogP contribution in [-0.4, -0.2) is 15.8 Å². The summed E-state index contributed by atoms with van der Waals surface area (Å²) in [6.45, 7) is 1.70. The lowest BCUT2D eigenvalue weighted by molar-refractivity contribution is 0.0984. The van der Waals surface area contributed by atoms with E-state index < -0.39 is 11.6 Å². The fourth-order valence-corrected chi connectivity index (χ4v) is 2.25. The van der Waals surface area contributed by atoms with Gasteiger partial charge >= 0.3 is 0 Å². The monoisotopic (exact) mass is 298 g/mol. The van der Waals surface area contributed by atoms with Gasteiger partial charge in [-0.3, -0.25) is 4.79 Å². The number of carbonyl (C=O) groups is 1. The predicted octanol–water partition coefficient (Wildman–Crippen LogP) is 4.17. The predicted molar refractivity (Wildman–Crippen MR) is 79.5 cm³/mol. The summed E-state index contributed by atoms with van der Waals surface area (Å²) in [5.74, 6) is -1.67. The third kappa shape index (κ3) is 2.57. The maximum absolute atomic E-state index is 13.5. The van der Waals surface area contributed by atoms with Gasteiger partial charge in [-0.1, -0.05) is 19.1 Å². The summed E-state index contributed by atoms with van der Waals surface area (Å²) in [6.07, 6.45) is 0.234. The Morgan fingerprint density at radius 3 is 2.18 bits per heavy atom. The number of ketones is 1. The van der Waals surface area contributed by atoms with Crippen LogP contribution in [0.15, 0.2) is 42.5 Å². The van der Waals surface area contributed by atoms with Crippen molar-refractivity contribution < 1.29 is 13.6 Å². The molecule has 0 amide bonds. The molecule has 0 aliphatic heterocycles. The van der Waals surface area contributed by atoms with E-state index in [0.29, 0.717) is 11.0 Å². The first-order valence-corrected chi connectivity index (χ1v) is 6.85. The van der Waals surface area contributed by atoms with Crippen LogP contribution in [0.1, 0.15) is 23.8 Å². The summed E-state index contributed by atoms with van der Waals surface area (Å²) in [7, 11) is 0. The smallest absolute Gasteiger partial charge is 0.183 e. The summed E-state index contributed by atoms with van der Waals surface area (Å²) in [6, 6.07) is 10.1. The van der Waals surface area contributed by atoms with Crippen molar-refractivity contribution >= 4 is 16.8 Å². The molecule has 1 heterocycles. The van der Waals surface area contributed by atoms with Gasteiger partial charge in [0.15, 0.2) is 5.78 Å². The van der Waals surface area contributed by atoms with Gasteiger partial charge in [0.2, 0.25) is 0 Å². The first-order chi connectivity index (χ1) is 10.6. The topological polar surface area (TPSA) is 42.9 Å². The van der Waals surface area contributed by atoms with Gasteiger partial charge in [0.05, 0.1) is 11.0 Å². The molecule has 0 atom stereocenters. The van der Waals surface area contributed by atoms with E-state index in [1.54, 1.807) is 31.2 Å². The molecule has 0 spiro atoms. The standard InChI is InChI=1S/C17H12F2N2O/c1-2-15(22)17-16(10-7-11(18)9-12(19)8-10)20-13-5-3-4-6-14(13)21-17/h3-9H,2H2,1H3. The summed E-state index contributed by atoms with van der Waals surface area (Å²) in [5, 5.41) is 0. The molecule has 0 aliphatic rings. The highest BCUT2D eigenvalue weighted by Crippen LogP contribution is 2.26. The molecule has 0 aliphatic carbocycles. The molecule has 1 aromatic heterocycles. The van der Waals surface area contributed by atoms with E-state index in [2.05, 4.69) is 9.97 Å². The Morgan fingerprint density at radius 2 is 1.59 bits per heavy atom. The highest BCUT2D eigenvalue weighted by atomic mass is 19.1. The Balaban J connectivity index is 2.32. The molecule has 0 unspecified atom stereocenters. The van der Waals surface area contributed by atoms with Crippen molar-refractivity contribution in [3.8, 4) is 11.3 Å². The Labute approximate surface area is 125 Å². The number of hydrogen-bond acceptors (Lipinski definition) is 3. The number of rotatable bonds is 3.